The summed E-state index contributed by atoms with van der Waals surface area (Å²) < 4.78 is 5.61. The first kappa shape index (κ1) is 15.6. The number of aromatic nitrogens is 3. The summed E-state index contributed by atoms with van der Waals surface area (Å²) in [4.78, 5) is 26.5. The van der Waals surface area contributed by atoms with Crippen molar-refractivity contribution in [1.82, 2.24) is 15.0 Å². The van der Waals surface area contributed by atoms with Gasteiger partial charge >= 0.3 is 0 Å². The zero-order valence-corrected chi connectivity index (χ0v) is 14.9. The van der Waals surface area contributed by atoms with Crippen LogP contribution in [0.4, 0.5) is 0 Å². The van der Waals surface area contributed by atoms with Gasteiger partial charge < -0.3 is 9.72 Å². The van der Waals surface area contributed by atoms with E-state index in [1.54, 1.807) is 23.5 Å². The number of halogens is 1. The van der Waals surface area contributed by atoms with Gasteiger partial charge in [0.2, 0.25) is 5.88 Å². The third-order valence-corrected chi connectivity index (χ3v) is 5.47. The zero-order valence-electron chi connectivity index (χ0n) is 13.4. The van der Waals surface area contributed by atoms with Crippen molar-refractivity contribution in [3.05, 3.63) is 37.9 Å². The smallest absolute Gasteiger partial charge is 0.260 e. The molecule has 3 aromatic rings. The van der Waals surface area contributed by atoms with Crippen molar-refractivity contribution in [2.75, 3.05) is 0 Å². The molecule has 0 fully saturated rings. The molecule has 0 spiro atoms. The van der Waals surface area contributed by atoms with Crippen LogP contribution in [0.3, 0.4) is 0 Å². The van der Waals surface area contributed by atoms with Crippen LogP contribution in [0, 0.1) is 0 Å². The Labute approximate surface area is 147 Å². The molecular formula is C17H16ClN3O2S. The first-order valence-corrected chi connectivity index (χ1v) is 9.10. The second-order valence-corrected chi connectivity index (χ2v) is 7.59. The standard InChI is InChI=1S/C17H16ClN3O2S/c1-8(2)23-12-7-6-10(18)14(19-12)15-20-16(22)13-9-4-3-5-11(9)24-17(13)21-15/h6-8H,3-5H2,1-2H3,(H,20,21,22). The van der Waals surface area contributed by atoms with Gasteiger partial charge in [0.05, 0.1) is 16.5 Å². The molecule has 0 amide bonds. The molecule has 7 heteroatoms. The molecule has 0 aliphatic heterocycles. The minimum absolute atomic E-state index is 0.00119. The molecule has 0 saturated heterocycles. The highest BCUT2D eigenvalue weighted by molar-refractivity contribution is 7.18. The molecule has 1 N–H and O–H groups in total. The van der Waals surface area contributed by atoms with Gasteiger partial charge in [-0.2, -0.15) is 0 Å². The molecule has 0 radical (unpaired) electrons. The summed E-state index contributed by atoms with van der Waals surface area (Å²) in [6.45, 7) is 3.85. The van der Waals surface area contributed by atoms with Crippen LogP contribution in [0.1, 0.15) is 30.7 Å². The lowest BCUT2D eigenvalue weighted by Gasteiger charge is -2.10. The third kappa shape index (κ3) is 2.59. The summed E-state index contributed by atoms with van der Waals surface area (Å²) in [5, 5.41) is 1.15. The van der Waals surface area contributed by atoms with Gasteiger partial charge in [0, 0.05) is 10.9 Å². The van der Waals surface area contributed by atoms with E-state index in [4.69, 9.17) is 16.3 Å². The van der Waals surface area contributed by atoms with Crippen molar-refractivity contribution in [2.24, 2.45) is 0 Å². The normalized spacial score (nSPS) is 13.7. The highest BCUT2D eigenvalue weighted by Crippen LogP contribution is 2.35. The number of H-pyrrole nitrogens is 1. The van der Waals surface area contributed by atoms with Crippen LogP contribution in [0.5, 0.6) is 5.88 Å². The minimum atomic E-state index is -0.123. The predicted octanol–water partition coefficient (Wildman–Crippen LogP) is 3.98. The number of thiophene rings is 1. The van der Waals surface area contributed by atoms with Crippen LogP contribution in [-0.2, 0) is 12.8 Å². The van der Waals surface area contributed by atoms with Crippen molar-refractivity contribution in [2.45, 2.75) is 39.2 Å². The molecule has 4 rings (SSSR count). The number of aromatic amines is 1. The Morgan fingerprint density at radius 1 is 1.29 bits per heavy atom. The maximum atomic E-state index is 12.6. The summed E-state index contributed by atoms with van der Waals surface area (Å²) in [7, 11) is 0. The number of nitrogens with one attached hydrogen (secondary N) is 1. The van der Waals surface area contributed by atoms with E-state index in [2.05, 4.69) is 15.0 Å². The van der Waals surface area contributed by atoms with E-state index in [0.717, 1.165) is 35.0 Å². The highest BCUT2D eigenvalue weighted by Gasteiger charge is 2.22. The molecule has 24 heavy (non-hydrogen) atoms. The van der Waals surface area contributed by atoms with Gasteiger partial charge in [-0.05, 0) is 44.7 Å². The fourth-order valence-electron chi connectivity index (χ4n) is 3.01. The largest absolute Gasteiger partial charge is 0.475 e. The Kier molecular flexibility index (Phi) is 3.81. The average molecular weight is 362 g/mol. The molecule has 0 atom stereocenters. The molecule has 1 aliphatic carbocycles. The molecular weight excluding hydrogens is 346 g/mol. The van der Waals surface area contributed by atoms with E-state index in [1.807, 2.05) is 13.8 Å². The van der Waals surface area contributed by atoms with Crippen molar-refractivity contribution >= 4 is 33.2 Å². The molecule has 3 heterocycles. The van der Waals surface area contributed by atoms with Crippen LogP contribution >= 0.6 is 22.9 Å². The number of ether oxygens (including phenoxy) is 1. The van der Waals surface area contributed by atoms with E-state index in [0.29, 0.717) is 22.4 Å². The highest BCUT2D eigenvalue weighted by atomic mass is 35.5. The van der Waals surface area contributed by atoms with Crippen LogP contribution in [0.25, 0.3) is 21.7 Å². The lowest BCUT2D eigenvalue weighted by atomic mass is 10.2. The van der Waals surface area contributed by atoms with Gasteiger partial charge in [-0.1, -0.05) is 11.6 Å². The second-order valence-electron chi connectivity index (χ2n) is 6.10. The molecule has 0 saturated carbocycles. The van der Waals surface area contributed by atoms with E-state index >= 15 is 0 Å². The van der Waals surface area contributed by atoms with Crippen LogP contribution in [0.15, 0.2) is 16.9 Å². The fraction of sp³-hybridized carbons (Fsp3) is 0.353. The number of hydrogen-bond acceptors (Lipinski definition) is 5. The van der Waals surface area contributed by atoms with Crippen molar-refractivity contribution in [3.63, 3.8) is 0 Å². The minimum Gasteiger partial charge on any atom is -0.475 e. The molecule has 3 aromatic heterocycles. The van der Waals surface area contributed by atoms with Crippen LogP contribution < -0.4 is 10.3 Å². The number of pyridine rings is 1. The topological polar surface area (TPSA) is 67.9 Å². The maximum absolute atomic E-state index is 12.6. The SMILES string of the molecule is CC(C)Oc1ccc(Cl)c(-c2nc3sc4c(c3c(=O)[nH]2)CCC4)n1. The van der Waals surface area contributed by atoms with Crippen molar-refractivity contribution in [1.29, 1.82) is 0 Å². The van der Waals surface area contributed by atoms with Crippen LogP contribution in [0.2, 0.25) is 5.02 Å². The monoisotopic (exact) mass is 361 g/mol. The molecule has 0 unspecified atom stereocenters. The first-order chi connectivity index (χ1) is 11.5. The van der Waals surface area contributed by atoms with E-state index in [-0.39, 0.29) is 11.7 Å². The first-order valence-electron chi connectivity index (χ1n) is 7.91. The van der Waals surface area contributed by atoms with Gasteiger partial charge in [0.15, 0.2) is 5.82 Å². The zero-order chi connectivity index (χ0) is 16.8. The molecule has 5 nitrogen and oxygen atoms in total. The Bertz CT molecular complexity index is 993. The third-order valence-electron chi connectivity index (χ3n) is 3.98. The molecule has 1 aliphatic rings. The lowest BCUT2D eigenvalue weighted by Crippen LogP contribution is -2.11. The lowest BCUT2D eigenvalue weighted by molar-refractivity contribution is 0.233. The molecule has 124 valence electrons. The predicted molar refractivity (Wildman–Crippen MR) is 96.3 cm³/mol. The number of rotatable bonds is 3. The maximum Gasteiger partial charge on any atom is 0.260 e. The summed E-state index contributed by atoms with van der Waals surface area (Å²) in [5.41, 5.74) is 1.47. The Hall–Kier alpha value is -1.92. The average Bonchev–Trinajstić information content (AvgIpc) is 3.08. The number of hydrogen-bond donors (Lipinski definition) is 1. The van der Waals surface area contributed by atoms with Gasteiger partial charge in [0.25, 0.3) is 5.56 Å². The Morgan fingerprint density at radius 2 is 2.12 bits per heavy atom. The number of fused-ring (bicyclic) bond motifs is 3. The Balaban J connectivity index is 1.87. The summed E-state index contributed by atoms with van der Waals surface area (Å²) in [5.74, 6) is 0.840. The fourth-order valence-corrected chi connectivity index (χ4v) is 4.47. The van der Waals surface area contributed by atoms with Gasteiger partial charge in [-0.3, -0.25) is 4.79 Å². The van der Waals surface area contributed by atoms with Crippen molar-refractivity contribution < 1.29 is 4.74 Å². The Morgan fingerprint density at radius 3 is 2.92 bits per heavy atom. The van der Waals surface area contributed by atoms with Crippen LogP contribution in [-0.4, -0.2) is 21.1 Å². The van der Waals surface area contributed by atoms with E-state index in [9.17, 15) is 4.79 Å². The summed E-state index contributed by atoms with van der Waals surface area (Å²) in [6.07, 6.45) is 3.10. The second kappa shape index (κ2) is 5.86. The quantitative estimate of drug-likeness (QED) is 0.766. The van der Waals surface area contributed by atoms with E-state index in [1.165, 1.54) is 4.88 Å². The summed E-state index contributed by atoms with van der Waals surface area (Å²) in [6, 6.07) is 3.42. The van der Waals surface area contributed by atoms with Gasteiger partial charge in [-0.15, -0.1) is 11.3 Å². The van der Waals surface area contributed by atoms with Crippen molar-refractivity contribution in [3.8, 4) is 17.4 Å². The van der Waals surface area contributed by atoms with E-state index < -0.39 is 0 Å². The summed E-state index contributed by atoms with van der Waals surface area (Å²) >= 11 is 7.87. The molecule has 0 aromatic carbocycles. The molecule has 0 bridgehead atoms. The van der Waals surface area contributed by atoms with Gasteiger partial charge in [-0.25, -0.2) is 9.97 Å². The number of aryl methyl sites for hydroxylation is 2. The van der Waals surface area contributed by atoms with Gasteiger partial charge in [0.1, 0.15) is 10.5 Å². The number of nitrogens with zero attached hydrogens (tertiary/aromatic N) is 2.